The van der Waals surface area contributed by atoms with Gasteiger partial charge in [0.2, 0.25) is 5.91 Å². The Bertz CT molecular complexity index is 1420. The average Bonchev–Trinajstić information content (AvgIpc) is 3.57. The largest absolute Gasteiger partial charge is 0.490 e. The van der Waals surface area contributed by atoms with Gasteiger partial charge in [-0.1, -0.05) is 29.8 Å². The number of halogens is 1. The minimum atomic E-state index is -0.485. The van der Waals surface area contributed by atoms with Crippen LogP contribution in [-0.4, -0.2) is 53.3 Å². The molecule has 0 saturated carbocycles. The Morgan fingerprint density at radius 3 is 2.68 bits per heavy atom. The summed E-state index contributed by atoms with van der Waals surface area (Å²) in [6, 6.07) is 17.5. The number of nitrogens with zero attached hydrogens (tertiary/aromatic N) is 4. The van der Waals surface area contributed by atoms with Crippen molar-refractivity contribution in [2.24, 2.45) is 4.99 Å². The molecule has 3 aromatic rings. The zero-order chi connectivity index (χ0) is 26.8. The van der Waals surface area contributed by atoms with E-state index in [0.717, 1.165) is 10.4 Å². The molecule has 0 bridgehead atoms. The van der Waals surface area contributed by atoms with Crippen LogP contribution in [0.1, 0.15) is 47.5 Å². The first-order valence-electron chi connectivity index (χ1n) is 12.3. The molecule has 8 nitrogen and oxygen atoms in total. The van der Waals surface area contributed by atoms with Gasteiger partial charge in [0.15, 0.2) is 0 Å². The molecule has 0 spiro atoms. The SMILES string of the molecule is CC(C)Oc1cc(C#N)ccc1C1=N[C@@H](c2cccs2)[C@@H](c2ccc(Cl)cc2)N1C(=O)N1CCNC(=O)C1. The zero-order valence-corrected chi connectivity index (χ0v) is 22.5. The Labute approximate surface area is 230 Å². The smallest absolute Gasteiger partial charge is 0.326 e. The molecule has 10 heteroatoms. The van der Waals surface area contributed by atoms with E-state index in [0.29, 0.717) is 40.8 Å². The number of carbonyl (C=O) groups excluding carboxylic acids is 2. The zero-order valence-electron chi connectivity index (χ0n) is 20.9. The third-order valence-electron chi connectivity index (χ3n) is 6.34. The number of hydrogen-bond acceptors (Lipinski definition) is 6. The molecule has 1 saturated heterocycles. The Morgan fingerprint density at radius 1 is 1.24 bits per heavy atom. The van der Waals surface area contributed by atoms with Gasteiger partial charge in [-0.15, -0.1) is 11.3 Å². The van der Waals surface area contributed by atoms with E-state index in [1.54, 1.807) is 51.5 Å². The van der Waals surface area contributed by atoms with Gasteiger partial charge in [-0.2, -0.15) is 5.26 Å². The topological polar surface area (TPSA) is 98.0 Å². The Kier molecular flexibility index (Phi) is 7.36. The van der Waals surface area contributed by atoms with Gasteiger partial charge in [-0.25, -0.2) is 4.79 Å². The molecule has 194 valence electrons. The first-order chi connectivity index (χ1) is 18.4. The first-order valence-corrected chi connectivity index (χ1v) is 13.5. The van der Waals surface area contributed by atoms with Crippen molar-refractivity contribution in [1.29, 1.82) is 5.26 Å². The highest BCUT2D eigenvalue weighted by Gasteiger charge is 2.45. The number of rotatable bonds is 5. The van der Waals surface area contributed by atoms with Crippen LogP contribution in [0.25, 0.3) is 0 Å². The molecule has 5 rings (SSSR count). The lowest BCUT2D eigenvalue weighted by atomic mass is 9.98. The number of nitriles is 1. The van der Waals surface area contributed by atoms with Crippen LogP contribution in [-0.2, 0) is 4.79 Å². The minimum Gasteiger partial charge on any atom is -0.490 e. The van der Waals surface area contributed by atoms with Crippen molar-refractivity contribution in [3.05, 3.63) is 86.6 Å². The molecule has 0 aliphatic carbocycles. The van der Waals surface area contributed by atoms with E-state index >= 15 is 0 Å². The lowest BCUT2D eigenvalue weighted by molar-refractivity contribution is -0.123. The maximum atomic E-state index is 14.2. The van der Waals surface area contributed by atoms with Crippen LogP contribution in [0.5, 0.6) is 5.75 Å². The number of thiophene rings is 1. The average molecular weight is 548 g/mol. The molecule has 1 aromatic heterocycles. The number of benzene rings is 2. The summed E-state index contributed by atoms with van der Waals surface area (Å²) >= 11 is 7.78. The first kappa shape index (κ1) is 25.8. The fraction of sp³-hybridized carbons (Fsp3) is 0.286. The van der Waals surface area contributed by atoms with E-state index in [9.17, 15) is 14.9 Å². The molecule has 3 amide bonds. The summed E-state index contributed by atoms with van der Waals surface area (Å²) in [7, 11) is 0. The van der Waals surface area contributed by atoms with E-state index in [1.807, 2.05) is 43.5 Å². The van der Waals surface area contributed by atoms with E-state index in [-0.39, 0.29) is 24.6 Å². The highest BCUT2D eigenvalue weighted by Crippen LogP contribution is 2.46. The van der Waals surface area contributed by atoms with Gasteiger partial charge in [0, 0.05) is 23.0 Å². The summed E-state index contributed by atoms with van der Waals surface area (Å²) in [4.78, 5) is 35.8. The summed E-state index contributed by atoms with van der Waals surface area (Å²) in [6.45, 7) is 4.53. The second-order valence-corrected chi connectivity index (χ2v) is 10.7. The molecule has 2 aromatic carbocycles. The van der Waals surface area contributed by atoms with Crippen molar-refractivity contribution < 1.29 is 14.3 Å². The molecule has 2 aliphatic heterocycles. The maximum absolute atomic E-state index is 14.2. The van der Waals surface area contributed by atoms with Gasteiger partial charge in [0.25, 0.3) is 0 Å². The lowest BCUT2D eigenvalue weighted by Gasteiger charge is -2.35. The van der Waals surface area contributed by atoms with Crippen molar-refractivity contribution in [2.75, 3.05) is 19.6 Å². The quantitative estimate of drug-likeness (QED) is 0.477. The van der Waals surface area contributed by atoms with Crippen LogP contribution in [0, 0.1) is 11.3 Å². The number of hydrogen-bond donors (Lipinski definition) is 1. The summed E-state index contributed by atoms with van der Waals surface area (Å²) in [6.07, 6.45) is -0.167. The predicted octanol–water partition coefficient (Wildman–Crippen LogP) is 5.16. The monoisotopic (exact) mass is 547 g/mol. The van der Waals surface area contributed by atoms with Crippen LogP contribution in [0.3, 0.4) is 0 Å². The molecule has 1 N–H and O–H groups in total. The van der Waals surface area contributed by atoms with Crippen LogP contribution in [0.2, 0.25) is 5.02 Å². The van der Waals surface area contributed by atoms with Crippen LogP contribution in [0.15, 0.2) is 65.0 Å². The van der Waals surface area contributed by atoms with Crippen LogP contribution >= 0.6 is 22.9 Å². The standard InChI is InChI=1S/C28H26ClN5O3S/c1-17(2)37-22-14-18(15-30)5-10-21(22)27-32-25(23-4-3-13-38-23)26(19-6-8-20(29)9-7-19)34(27)28(36)33-12-11-31-24(35)16-33/h3-10,13-14,17,25-26H,11-12,16H2,1-2H3,(H,31,35)/t25-,26+/m0/s1. The predicted molar refractivity (Wildman–Crippen MR) is 147 cm³/mol. The van der Waals surface area contributed by atoms with Crippen LogP contribution < -0.4 is 10.1 Å². The number of aliphatic imine (C=N–C) groups is 1. The number of ether oxygens (including phenoxy) is 1. The van der Waals surface area contributed by atoms with Crippen molar-refractivity contribution in [2.45, 2.75) is 32.0 Å². The molecule has 0 radical (unpaired) electrons. The molecule has 3 heterocycles. The summed E-state index contributed by atoms with van der Waals surface area (Å²) in [5.41, 5.74) is 1.91. The number of amidine groups is 1. The van der Waals surface area contributed by atoms with Crippen molar-refractivity contribution >= 4 is 40.7 Å². The molecule has 2 atom stereocenters. The maximum Gasteiger partial charge on any atom is 0.326 e. The van der Waals surface area contributed by atoms with Gasteiger partial charge >= 0.3 is 6.03 Å². The van der Waals surface area contributed by atoms with E-state index in [1.165, 1.54) is 0 Å². The summed E-state index contributed by atoms with van der Waals surface area (Å²) in [5.74, 6) is 0.690. The minimum absolute atomic E-state index is 0.0393. The fourth-order valence-electron chi connectivity index (χ4n) is 4.70. The molecule has 2 aliphatic rings. The van der Waals surface area contributed by atoms with Crippen molar-refractivity contribution in [3.63, 3.8) is 0 Å². The normalized spacial score (nSPS) is 19.2. The Hall–Kier alpha value is -3.87. The fourth-order valence-corrected chi connectivity index (χ4v) is 5.62. The molecule has 38 heavy (non-hydrogen) atoms. The van der Waals surface area contributed by atoms with Gasteiger partial charge in [-0.05, 0) is 61.2 Å². The van der Waals surface area contributed by atoms with Crippen molar-refractivity contribution in [1.82, 2.24) is 15.1 Å². The second-order valence-electron chi connectivity index (χ2n) is 9.32. The lowest BCUT2D eigenvalue weighted by Crippen LogP contribution is -2.55. The molecule has 1 fully saturated rings. The number of amides is 3. The van der Waals surface area contributed by atoms with Crippen LogP contribution in [0.4, 0.5) is 4.79 Å². The summed E-state index contributed by atoms with van der Waals surface area (Å²) in [5, 5.41) is 14.9. The number of urea groups is 1. The third kappa shape index (κ3) is 5.10. The Balaban J connectivity index is 1.69. The highest BCUT2D eigenvalue weighted by atomic mass is 35.5. The third-order valence-corrected chi connectivity index (χ3v) is 7.54. The number of nitrogens with one attached hydrogen (secondary N) is 1. The second kappa shape index (κ2) is 10.9. The molecular formula is C28H26ClN5O3S. The van der Waals surface area contributed by atoms with E-state index < -0.39 is 12.1 Å². The van der Waals surface area contributed by atoms with Crippen molar-refractivity contribution in [3.8, 4) is 11.8 Å². The summed E-state index contributed by atoms with van der Waals surface area (Å²) < 4.78 is 6.11. The van der Waals surface area contributed by atoms with E-state index in [4.69, 9.17) is 21.3 Å². The van der Waals surface area contributed by atoms with Gasteiger partial charge in [-0.3, -0.25) is 14.7 Å². The number of carbonyl (C=O) groups is 2. The molecular weight excluding hydrogens is 522 g/mol. The Morgan fingerprint density at radius 2 is 2.03 bits per heavy atom. The highest BCUT2D eigenvalue weighted by molar-refractivity contribution is 7.10. The molecule has 0 unspecified atom stereocenters. The van der Waals surface area contributed by atoms with Gasteiger partial charge in [0.1, 0.15) is 24.2 Å². The van der Waals surface area contributed by atoms with E-state index in [2.05, 4.69) is 11.4 Å². The van der Waals surface area contributed by atoms with Gasteiger partial charge < -0.3 is 15.0 Å². The number of piperazine rings is 1. The van der Waals surface area contributed by atoms with Gasteiger partial charge in [0.05, 0.1) is 29.3 Å².